The Morgan fingerprint density at radius 2 is 2.04 bits per heavy atom. The number of nitrogens with one attached hydrogen (secondary N) is 1. The quantitative estimate of drug-likeness (QED) is 0.848. The standard InChI is InChI=1S/C23H25N3O2/c1-21(2,28)18-8-16(9-18)20(27)26-19-10-15-7-17(4-3-14(15)11-25-19)23(13-24)12-22(23)5-6-22/h3-4,7,10-11,16,18,28H,5-6,8-9,12H2,1-2H3,(H,25,26,27)/t16?,18?,23-/m1/s1. The van der Waals surface area contributed by atoms with Gasteiger partial charge in [0.2, 0.25) is 5.91 Å². The Morgan fingerprint density at radius 3 is 2.64 bits per heavy atom. The van der Waals surface area contributed by atoms with Crippen molar-refractivity contribution in [1.82, 2.24) is 4.98 Å². The Labute approximate surface area is 164 Å². The van der Waals surface area contributed by atoms with E-state index in [-0.39, 0.29) is 28.6 Å². The topological polar surface area (TPSA) is 86.0 Å². The van der Waals surface area contributed by atoms with Crippen molar-refractivity contribution in [2.45, 2.75) is 57.0 Å². The van der Waals surface area contributed by atoms with Crippen LogP contribution < -0.4 is 5.32 Å². The van der Waals surface area contributed by atoms with Crippen LogP contribution in [0.25, 0.3) is 10.8 Å². The molecule has 1 aromatic carbocycles. The first kappa shape index (κ1) is 17.6. The molecule has 0 aliphatic heterocycles. The summed E-state index contributed by atoms with van der Waals surface area (Å²) >= 11 is 0. The van der Waals surface area contributed by atoms with Gasteiger partial charge in [-0.2, -0.15) is 5.26 Å². The number of hydrogen-bond donors (Lipinski definition) is 2. The predicted octanol–water partition coefficient (Wildman–Crippen LogP) is 3.92. The summed E-state index contributed by atoms with van der Waals surface area (Å²) in [6.45, 7) is 3.60. The zero-order chi connectivity index (χ0) is 19.7. The molecule has 3 aliphatic rings. The molecule has 1 aromatic heterocycles. The average molecular weight is 375 g/mol. The van der Waals surface area contributed by atoms with Crippen LogP contribution in [0.5, 0.6) is 0 Å². The Kier molecular flexibility index (Phi) is 3.49. The van der Waals surface area contributed by atoms with Gasteiger partial charge in [-0.3, -0.25) is 4.79 Å². The predicted molar refractivity (Wildman–Crippen MR) is 106 cm³/mol. The number of nitriles is 1. The fraction of sp³-hybridized carbons (Fsp3) is 0.522. The molecule has 5 nitrogen and oxygen atoms in total. The number of fused-ring (bicyclic) bond motifs is 1. The molecule has 144 valence electrons. The lowest BCUT2D eigenvalue weighted by Crippen LogP contribution is -2.44. The van der Waals surface area contributed by atoms with Gasteiger partial charge in [0, 0.05) is 17.5 Å². The zero-order valence-corrected chi connectivity index (χ0v) is 16.3. The second-order valence-electron chi connectivity index (χ2n) is 9.61. The number of amides is 1. The van der Waals surface area contributed by atoms with Crippen molar-refractivity contribution >= 4 is 22.5 Å². The molecule has 2 N–H and O–H groups in total. The molecular weight excluding hydrogens is 350 g/mol. The number of aromatic nitrogens is 1. The molecule has 3 aliphatic carbocycles. The number of pyridine rings is 1. The Hall–Kier alpha value is -2.45. The minimum Gasteiger partial charge on any atom is -0.390 e. The van der Waals surface area contributed by atoms with Crippen molar-refractivity contribution in [2.24, 2.45) is 17.3 Å². The van der Waals surface area contributed by atoms with E-state index < -0.39 is 5.60 Å². The minimum atomic E-state index is -0.729. The molecule has 0 saturated heterocycles. The van der Waals surface area contributed by atoms with E-state index in [0.29, 0.717) is 18.7 Å². The van der Waals surface area contributed by atoms with Gasteiger partial charge in [0.05, 0.1) is 17.1 Å². The van der Waals surface area contributed by atoms with Gasteiger partial charge < -0.3 is 10.4 Å². The van der Waals surface area contributed by atoms with Gasteiger partial charge in [-0.1, -0.05) is 12.1 Å². The molecule has 1 atom stereocenters. The van der Waals surface area contributed by atoms with Crippen molar-refractivity contribution in [1.29, 1.82) is 5.26 Å². The molecular formula is C23H25N3O2. The summed E-state index contributed by atoms with van der Waals surface area (Å²) in [6, 6.07) is 10.6. The van der Waals surface area contributed by atoms with Gasteiger partial charge in [-0.05, 0) is 80.4 Å². The molecule has 2 aromatic rings. The van der Waals surface area contributed by atoms with Crippen LogP contribution in [-0.4, -0.2) is 21.6 Å². The first-order valence-electron chi connectivity index (χ1n) is 10.1. The summed E-state index contributed by atoms with van der Waals surface area (Å²) in [5, 5.41) is 24.7. The fourth-order valence-electron chi connectivity index (χ4n) is 4.96. The van der Waals surface area contributed by atoms with E-state index in [1.165, 1.54) is 0 Å². The molecule has 5 rings (SSSR count). The SMILES string of the molecule is CC(C)(O)C1CC(C(=O)Nc2cc3cc([C@]4(C#N)CC45CC5)ccc3cn2)C1. The lowest BCUT2D eigenvalue weighted by Gasteiger charge is -2.41. The highest BCUT2D eigenvalue weighted by Gasteiger charge is 2.75. The Morgan fingerprint density at radius 1 is 1.29 bits per heavy atom. The smallest absolute Gasteiger partial charge is 0.228 e. The largest absolute Gasteiger partial charge is 0.390 e. The highest BCUT2D eigenvalue weighted by molar-refractivity contribution is 5.94. The van der Waals surface area contributed by atoms with Gasteiger partial charge in [0.1, 0.15) is 5.82 Å². The van der Waals surface area contributed by atoms with Gasteiger partial charge in [-0.25, -0.2) is 4.98 Å². The summed E-state index contributed by atoms with van der Waals surface area (Å²) in [5.74, 6) is 0.620. The number of aliphatic hydroxyl groups is 1. The first-order valence-corrected chi connectivity index (χ1v) is 10.1. The van der Waals surface area contributed by atoms with E-state index in [1.807, 2.05) is 12.1 Å². The molecule has 1 spiro atoms. The number of rotatable bonds is 4. The monoisotopic (exact) mass is 375 g/mol. The third-order valence-electron chi connectivity index (χ3n) is 7.40. The number of carbonyl (C=O) groups is 1. The minimum absolute atomic E-state index is 0.0314. The number of carbonyl (C=O) groups excluding carboxylic acids is 1. The van der Waals surface area contributed by atoms with Gasteiger partial charge >= 0.3 is 0 Å². The summed E-state index contributed by atoms with van der Waals surface area (Å²) in [7, 11) is 0. The van der Waals surface area contributed by atoms with Crippen molar-refractivity contribution in [3.8, 4) is 6.07 Å². The highest BCUT2D eigenvalue weighted by atomic mass is 16.3. The van der Waals surface area contributed by atoms with Crippen LogP contribution in [0, 0.1) is 28.6 Å². The van der Waals surface area contributed by atoms with E-state index in [4.69, 9.17) is 0 Å². The summed E-state index contributed by atoms with van der Waals surface area (Å²) < 4.78 is 0. The van der Waals surface area contributed by atoms with Crippen LogP contribution in [-0.2, 0) is 10.2 Å². The fourth-order valence-corrected chi connectivity index (χ4v) is 4.96. The molecule has 0 bridgehead atoms. The number of hydrogen-bond acceptors (Lipinski definition) is 4. The summed E-state index contributed by atoms with van der Waals surface area (Å²) in [5.41, 5.74) is 0.287. The second-order valence-corrected chi connectivity index (χ2v) is 9.61. The van der Waals surface area contributed by atoms with Crippen molar-refractivity contribution in [3.05, 3.63) is 36.0 Å². The van der Waals surface area contributed by atoms with Crippen molar-refractivity contribution < 1.29 is 9.90 Å². The van der Waals surface area contributed by atoms with Crippen LogP contribution in [0.15, 0.2) is 30.5 Å². The maximum atomic E-state index is 12.5. The van der Waals surface area contributed by atoms with Crippen LogP contribution in [0.4, 0.5) is 5.82 Å². The highest BCUT2D eigenvalue weighted by Crippen LogP contribution is 2.78. The molecule has 3 fully saturated rings. The molecule has 28 heavy (non-hydrogen) atoms. The number of nitrogens with zero attached hydrogens (tertiary/aromatic N) is 2. The molecule has 5 heteroatoms. The van der Waals surface area contributed by atoms with Gasteiger partial charge in [0.25, 0.3) is 0 Å². The lowest BCUT2D eigenvalue weighted by atomic mass is 9.67. The molecule has 0 unspecified atom stereocenters. The van der Waals surface area contributed by atoms with E-state index >= 15 is 0 Å². The van der Waals surface area contributed by atoms with Gasteiger partial charge in [-0.15, -0.1) is 0 Å². The number of benzene rings is 1. The summed E-state index contributed by atoms with van der Waals surface area (Å²) in [4.78, 5) is 16.9. The third-order valence-corrected chi connectivity index (χ3v) is 7.40. The first-order chi connectivity index (χ1) is 13.3. The van der Waals surface area contributed by atoms with E-state index in [9.17, 15) is 15.2 Å². The molecule has 3 saturated carbocycles. The number of anilines is 1. The average Bonchev–Trinajstić information content (AvgIpc) is 3.50. The van der Waals surface area contributed by atoms with E-state index in [0.717, 1.165) is 35.6 Å². The molecule has 0 radical (unpaired) electrons. The lowest BCUT2D eigenvalue weighted by molar-refractivity contribution is -0.128. The van der Waals surface area contributed by atoms with Crippen LogP contribution >= 0.6 is 0 Å². The van der Waals surface area contributed by atoms with E-state index in [2.05, 4.69) is 28.5 Å². The third kappa shape index (κ3) is 2.55. The Bertz CT molecular complexity index is 1020. The second kappa shape index (κ2) is 5.55. The van der Waals surface area contributed by atoms with Crippen LogP contribution in [0.2, 0.25) is 0 Å². The maximum Gasteiger partial charge on any atom is 0.228 e. The summed E-state index contributed by atoms with van der Waals surface area (Å²) in [6.07, 6.45) is 6.47. The zero-order valence-electron chi connectivity index (χ0n) is 16.3. The van der Waals surface area contributed by atoms with Crippen molar-refractivity contribution in [2.75, 3.05) is 5.32 Å². The van der Waals surface area contributed by atoms with Crippen LogP contribution in [0.3, 0.4) is 0 Å². The maximum absolute atomic E-state index is 12.5. The normalized spacial score (nSPS) is 29.8. The van der Waals surface area contributed by atoms with Crippen LogP contribution in [0.1, 0.15) is 51.5 Å². The Balaban J connectivity index is 1.34. The van der Waals surface area contributed by atoms with Gasteiger partial charge in [0.15, 0.2) is 0 Å². The molecule has 1 amide bonds. The molecule has 1 heterocycles. The van der Waals surface area contributed by atoms with Crippen molar-refractivity contribution in [3.63, 3.8) is 0 Å². The van der Waals surface area contributed by atoms with E-state index in [1.54, 1.807) is 20.0 Å².